The van der Waals surface area contributed by atoms with Crippen molar-refractivity contribution in [1.82, 2.24) is 4.90 Å². The minimum atomic E-state index is -3.08. The van der Waals surface area contributed by atoms with Gasteiger partial charge in [0.1, 0.15) is 12.2 Å². The third kappa shape index (κ3) is 5.45. The van der Waals surface area contributed by atoms with Crippen LogP contribution < -0.4 is 10.1 Å². The first-order chi connectivity index (χ1) is 11.8. The Kier molecular flexibility index (Phi) is 6.41. The van der Waals surface area contributed by atoms with E-state index in [0.717, 1.165) is 0 Å². The molecule has 0 bridgehead atoms. The van der Waals surface area contributed by atoms with Gasteiger partial charge >= 0.3 is 0 Å². The van der Waals surface area contributed by atoms with Crippen molar-refractivity contribution in [3.05, 3.63) is 24.3 Å². The molecular formula is C17H24N2O5S. The Morgan fingerprint density at radius 1 is 1.24 bits per heavy atom. The Morgan fingerprint density at radius 3 is 2.44 bits per heavy atom. The van der Waals surface area contributed by atoms with Crippen LogP contribution in [0.15, 0.2) is 24.3 Å². The van der Waals surface area contributed by atoms with Crippen molar-refractivity contribution in [1.29, 1.82) is 0 Å². The molecule has 2 amide bonds. The monoisotopic (exact) mass is 368 g/mol. The number of rotatable bonds is 7. The topological polar surface area (TPSA) is 92.8 Å². The van der Waals surface area contributed by atoms with Crippen LogP contribution in [-0.4, -0.2) is 55.8 Å². The molecule has 25 heavy (non-hydrogen) atoms. The van der Waals surface area contributed by atoms with E-state index >= 15 is 0 Å². The molecule has 1 aliphatic rings. The van der Waals surface area contributed by atoms with Gasteiger partial charge in [0.25, 0.3) is 0 Å². The highest BCUT2D eigenvalue weighted by atomic mass is 32.2. The van der Waals surface area contributed by atoms with Gasteiger partial charge in [-0.25, -0.2) is 8.42 Å². The maximum absolute atomic E-state index is 12.4. The normalized spacial score (nSPS) is 18.6. The summed E-state index contributed by atoms with van der Waals surface area (Å²) in [4.78, 5) is 25.9. The van der Waals surface area contributed by atoms with Crippen LogP contribution in [0.25, 0.3) is 0 Å². The van der Waals surface area contributed by atoms with Gasteiger partial charge in [0, 0.05) is 18.3 Å². The van der Waals surface area contributed by atoms with Crippen LogP contribution in [0.3, 0.4) is 0 Å². The lowest BCUT2D eigenvalue weighted by molar-refractivity contribution is -0.135. The zero-order valence-corrected chi connectivity index (χ0v) is 15.3. The van der Waals surface area contributed by atoms with Crippen molar-refractivity contribution in [2.75, 3.05) is 30.0 Å². The minimum absolute atomic E-state index is 0.0207. The zero-order valence-electron chi connectivity index (χ0n) is 14.5. The van der Waals surface area contributed by atoms with E-state index < -0.39 is 15.7 Å². The molecule has 0 spiro atoms. The zero-order chi connectivity index (χ0) is 18.4. The van der Waals surface area contributed by atoms with E-state index in [9.17, 15) is 18.0 Å². The number of hydrogen-bond donors (Lipinski definition) is 1. The van der Waals surface area contributed by atoms with Gasteiger partial charge in [0.05, 0.1) is 18.1 Å². The lowest BCUT2D eigenvalue weighted by Gasteiger charge is -2.26. The van der Waals surface area contributed by atoms with Crippen molar-refractivity contribution < 1.29 is 22.7 Å². The lowest BCUT2D eigenvalue weighted by Crippen LogP contribution is -2.42. The summed E-state index contributed by atoms with van der Waals surface area (Å²) in [5.74, 6) is 0.00471. The van der Waals surface area contributed by atoms with Gasteiger partial charge in [-0.1, -0.05) is 0 Å². The maximum Gasteiger partial charge on any atom is 0.233 e. The predicted molar refractivity (Wildman–Crippen MR) is 95.3 cm³/mol. The molecular weight excluding hydrogens is 344 g/mol. The molecule has 1 N–H and O–H groups in total. The highest BCUT2D eigenvalue weighted by Gasteiger charge is 2.34. The van der Waals surface area contributed by atoms with Crippen LogP contribution >= 0.6 is 0 Å². The maximum atomic E-state index is 12.4. The number of nitrogens with one attached hydrogen (secondary N) is 1. The molecule has 0 aromatic heterocycles. The Hall–Kier alpha value is -2.09. The highest BCUT2D eigenvalue weighted by molar-refractivity contribution is 7.91. The average molecular weight is 368 g/mol. The number of hydrogen-bond acceptors (Lipinski definition) is 5. The van der Waals surface area contributed by atoms with Crippen molar-refractivity contribution in [3.63, 3.8) is 0 Å². The lowest BCUT2D eigenvalue weighted by atomic mass is 10.2. The molecule has 138 valence electrons. The van der Waals surface area contributed by atoms with Gasteiger partial charge in [-0.05, 0) is 44.5 Å². The number of amides is 2. The molecule has 7 nitrogen and oxygen atoms in total. The summed E-state index contributed by atoms with van der Waals surface area (Å²) in [7, 11) is -3.08. The van der Waals surface area contributed by atoms with E-state index in [1.807, 2.05) is 6.92 Å². The number of carbonyl (C=O) groups is 2. The van der Waals surface area contributed by atoms with Crippen LogP contribution in [0, 0.1) is 0 Å². The summed E-state index contributed by atoms with van der Waals surface area (Å²) in [6.45, 7) is 4.61. The molecule has 0 radical (unpaired) electrons. The van der Waals surface area contributed by atoms with Crippen molar-refractivity contribution in [3.8, 4) is 5.75 Å². The Morgan fingerprint density at radius 2 is 1.92 bits per heavy atom. The van der Waals surface area contributed by atoms with Crippen LogP contribution in [0.2, 0.25) is 0 Å². The number of carbonyl (C=O) groups excluding carboxylic acids is 2. The fourth-order valence-corrected chi connectivity index (χ4v) is 4.64. The number of ether oxygens (including phenoxy) is 1. The second-order valence-electron chi connectivity index (χ2n) is 5.92. The summed E-state index contributed by atoms with van der Waals surface area (Å²) in [5, 5.41) is 2.67. The van der Waals surface area contributed by atoms with E-state index in [0.29, 0.717) is 31.0 Å². The Bertz CT molecular complexity index is 715. The van der Waals surface area contributed by atoms with Gasteiger partial charge in [0.15, 0.2) is 9.84 Å². The first-order valence-electron chi connectivity index (χ1n) is 8.37. The quantitative estimate of drug-likeness (QED) is 0.736. The van der Waals surface area contributed by atoms with Gasteiger partial charge in [0.2, 0.25) is 11.8 Å². The van der Waals surface area contributed by atoms with E-state index in [4.69, 9.17) is 4.74 Å². The summed E-state index contributed by atoms with van der Waals surface area (Å²) < 4.78 is 28.5. The molecule has 1 heterocycles. The van der Waals surface area contributed by atoms with Gasteiger partial charge in [-0.2, -0.15) is 0 Å². The van der Waals surface area contributed by atoms with Crippen molar-refractivity contribution in [2.24, 2.45) is 0 Å². The summed E-state index contributed by atoms with van der Waals surface area (Å²) >= 11 is 0. The molecule has 1 atom stereocenters. The van der Waals surface area contributed by atoms with E-state index in [1.54, 1.807) is 31.2 Å². The standard InChI is InChI=1S/C17H24N2O5S/c1-3-19(14-9-10-25(22,23)12-14)17(21)11-16(20)18-13-5-7-15(8-6-13)24-4-2/h5-8,14H,3-4,9-12H2,1-2H3,(H,18,20). The molecule has 1 aromatic carbocycles. The van der Waals surface area contributed by atoms with E-state index in [-0.39, 0.29) is 29.9 Å². The van der Waals surface area contributed by atoms with Crippen molar-refractivity contribution >= 4 is 27.3 Å². The number of benzene rings is 1. The smallest absolute Gasteiger partial charge is 0.233 e. The molecule has 0 saturated carbocycles. The van der Waals surface area contributed by atoms with Crippen LogP contribution in [-0.2, 0) is 19.4 Å². The van der Waals surface area contributed by atoms with Crippen molar-refractivity contribution in [2.45, 2.75) is 32.7 Å². The van der Waals surface area contributed by atoms with Gasteiger partial charge in [-0.3, -0.25) is 9.59 Å². The third-order valence-electron chi connectivity index (χ3n) is 4.07. The highest BCUT2D eigenvalue weighted by Crippen LogP contribution is 2.19. The first kappa shape index (κ1) is 19.2. The molecule has 1 saturated heterocycles. The largest absolute Gasteiger partial charge is 0.494 e. The van der Waals surface area contributed by atoms with Gasteiger partial charge < -0.3 is 15.0 Å². The average Bonchev–Trinajstić information content (AvgIpc) is 2.90. The van der Waals surface area contributed by atoms with Crippen LogP contribution in [0.4, 0.5) is 5.69 Å². The van der Waals surface area contributed by atoms with Crippen LogP contribution in [0.5, 0.6) is 5.75 Å². The number of anilines is 1. The fraction of sp³-hybridized carbons (Fsp3) is 0.529. The fourth-order valence-electron chi connectivity index (χ4n) is 2.90. The number of sulfone groups is 1. The molecule has 1 fully saturated rings. The Balaban J connectivity index is 1.91. The number of nitrogens with zero attached hydrogens (tertiary/aromatic N) is 1. The SMILES string of the molecule is CCOc1ccc(NC(=O)CC(=O)N(CC)C2CCS(=O)(=O)C2)cc1. The molecule has 1 aliphatic heterocycles. The second-order valence-corrected chi connectivity index (χ2v) is 8.15. The first-order valence-corrected chi connectivity index (χ1v) is 10.2. The van der Waals surface area contributed by atoms with E-state index in [1.165, 1.54) is 4.90 Å². The molecule has 8 heteroatoms. The van der Waals surface area contributed by atoms with E-state index in [2.05, 4.69) is 5.32 Å². The second kappa shape index (κ2) is 8.33. The summed E-state index contributed by atoms with van der Waals surface area (Å²) in [5.41, 5.74) is 0.577. The third-order valence-corrected chi connectivity index (χ3v) is 5.82. The van der Waals surface area contributed by atoms with Gasteiger partial charge in [-0.15, -0.1) is 0 Å². The molecule has 1 unspecified atom stereocenters. The summed E-state index contributed by atoms with van der Waals surface area (Å²) in [6.07, 6.45) is 0.125. The van der Waals surface area contributed by atoms with Crippen LogP contribution in [0.1, 0.15) is 26.7 Å². The Labute approximate surface area is 148 Å². The molecule has 1 aromatic rings. The summed E-state index contributed by atoms with van der Waals surface area (Å²) in [6, 6.07) is 6.55. The molecule has 2 rings (SSSR count). The predicted octanol–water partition coefficient (Wildman–Crippen LogP) is 1.45. The molecule has 0 aliphatic carbocycles. The minimum Gasteiger partial charge on any atom is -0.494 e.